The van der Waals surface area contributed by atoms with Gasteiger partial charge in [-0.2, -0.15) is 5.10 Å². The lowest BCUT2D eigenvalue weighted by Gasteiger charge is -2.07. The van der Waals surface area contributed by atoms with E-state index in [1.165, 1.54) is 18.5 Å². The molecule has 2 aromatic heterocycles. The highest BCUT2D eigenvalue weighted by molar-refractivity contribution is 6.05. The summed E-state index contributed by atoms with van der Waals surface area (Å²) >= 11 is 0. The Balaban J connectivity index is 1.65. The van der Waals surface area contributed by atoms with Gasteiger partial charge in [0, 0.05) is 18.1 Å². The van der Waals surface area contributed by atoms with Gasteiger partial charge in [-0.15, -0.1) is 0 Å². The fourth-order valence-electron chi connectivity index (χ4n) is 3.36. The van der Waals surface area contributed by atoms with Gasteiger partial charge in [0.25, 0.3) is 0 Å². The second-order valence-electron chi connectivity index (χ2n) is 7.08. The Morgan fingerprint density at radius 1 is 1.06 bits per heavy atom. The third kappa shape index (κ3) is 4.95. The van der Waals surface area contributed by atoms with E-state index in [-0.39, 0.29) is 17.4 Å². The molecule has 0 unspecified atom stereocenters. The molecule has 0 spiro atoms. The summed E-state index contributed by atoms with van der Waals surface area (Å²) in [5.41, 5.74) is 3.21. The Labute approximate surface area is 178 Å². The smallest absolute Gasteiger partial charge is 0.226 e. The molecule has 6 nitrogen and oxygen atoms in total. The van der Waals surface area contributed by atoms with E-state index in [2.05, 4.69) is 15.2 Å². The Morgan fingerprint density at radius 2 is 1.84 bits per heavy atom. The number of furan rings is 1. The first kappa shape index (κ1) is 20.3. The summed E-state index contributed by atoms with van der Waals surface area (Å²) in [6.07, 6.45) is 5.62. The summed E-state index contributed by atoms with van der Waals surface area (Å²) in [6, 6.07) is 16.0. The maximum atomic E-state index is 13.3. The first-order valence-corrected chi connectivity index (χ1v) is 9.78. The largest absolute Gasteiger partial charge is 0.507 e. The molecule has 0 aliphatic heterocycles. The quantitative estimate of drug-likeness (QED) is 0.246. The van der Waals surface area contributed by atoms with Crippen LogP contribution in [0.4, 0.5) is 4.39 Å². The van der Waals surface area contributed by atoms with E-state index >= 15 is 0 Å². The molecule has 0 bridgehead atoms. The number of hydrogen-bond acceptors (Lipinski definition) is 5. The number of halogens is 1. The average Bonchev–Trinajstić information content (AvgIpc) is 3.45. The van der Waals surface area contributed by atoms with Crippen molar-refractivity contribution >= 4 is 11.5 Å². The first-order chi connectivity index (χ1) is 15.1. The fourth-order valence-corrected chi connectivity index (χ4v) is 3.36. The zero-order valence-corrected chi connectivity index (χ0v) is 16.6. The fraction of sp³-hybridized carbons (Fsp3) is 0.125. The van der Waals surface area contributed by atoms with Crippen molar-refractivity contribution in [2.45, 2.75) is 19.3 Å². The van der Waals surface area contributed by atoms with Crippen molar-refractivity contribution < 1.29 is 18.7 Å². The third-order valence-electron chi connectivity index (χ3n) is 4.92. The number of aliphatic hydroxyl groups excluding tert-OH is 1. The summed E-state index contributed by atoms with van der Waals surface area (Å²) in [4.78, 5) is 16.2. The number of carbonyl (C=O) groups excluding carboxylic acids is 1. The Morgan fingerprint density at radius 3 is 2.55 bits per heavy atom. The lowest BCUT2D eigenvalue weighted by molar-refractivity contribution is 0.103. The molecule has 0 radical (unpaired) electrons. The molecule has 31 heavy (non-hydrogen) atoms. The Bertz CT molecular complexity index is 1180. The van der Waals surface area contributed by atoms with Crippen LogP contribution in [-0.2, 0) is 19.3 Å². The summed E-state index contributed by atoms with van der Waals surface area (Å²) in [6.45, 7) is 0. The molecule has 0 aliphatic carbocycles. The van der Waals surface area contributed by atoms with Crippen molar-refractivity contribution in [1.29, 1.82) is 0 Å². The number of H-pyrrole nitrogens is 1. The Hall–Kier alpha value is -4.00. The minimum Gasteiger partial charge on any atom is -0.507 e. The molecule has 0 saturated carbocycles. The molecule has 0 aliphatic rings. The second-order valence-corrected chi connectivity index (χ2v) is 7.08. The van der Waals surface area contributed by atoms with E-state index < -0.39 is 5.78 Å². The average molecular weight is 417 g/mol. The van der Waals surface area contributed by atoms with Crippen molar-refractivity contribution in [2.75, 3.05) is 0 Å². The highest BCUT2D eigenvalue weighted by Crippen LogP contribution is 2.28. The van der Waals surface area contributed by atoms with Crippen molar-refractivity contribution in [3.05, 3.63) is 113 Å². The number of aromatic nitrogens is 3. The van der Waals surface area contributed by atoms with Gasteiger partial charge >= 0.3 is 0 Å². The van der Waals surface area contributed by atoms with E-state index in [1.807, 2.05) is 30.3 Å². The normalized spacial score (nSPS) is 11.6. The monoisotopic (exact) mass is 417 g/mol. The van der Waals surface area contributed by atoms with Crippen LogP contribution in [-0.4, -0.2) is 26.1 Å². The molecule has 4 rings (SSSR count). The zero-order valence-electron chi connectivity index (χ0n) is 16.6. The molecule has 4 aromatic rings. The first-order valence-electron chi connectivity index (χ1n) is 9.78. The molecule has 0 saturated heterocycles. The van der Waals surface area contributed by atoms with Crippen LogP contribution in [0.3, 0.4) is 0 Å². The topological polar surface area (TPSA) is 92.0 Å². The van der Waals surface area contributed by atoms with E-state index in [0.717, 1.165) is 29.2 Å². The van der Waals surface area contributed by atoms with Crippen LogP contribution >= 0.6 is 0 Å². The summed E-state index contributed by atoms with van der Waals surface area (Å²) < 4.78 is 19.0. The van der Waals surface area contributed by atoms with Gasteiger partial charge < -0.3 is 9.52 Å². The van der Waals surface area contributed by atoms with Crippen molar-refractivity contribution in [1.82, 2.24) is 15.2 Å². The van der Waals surface area contributed by atoms with Gasteiger partial charge in [0.15, 0.2) is 5.82 Å². The number of aromatic amines is 1. The van der Waals surface area contributed by atoms with Gasteiger partial charge in [0.1, 0.15) is 23.7 Å². The van der Waals surface area contributed by atoms with Gasteiger partial charge in [-0.3, -0.25) is 9.89 Å². The summed E-state index contributed by atoms with van der Waals surface area (Å²) in [7, 11) is 0. The number of benzene rings is 2. The van der Waals surface area contributed by atoms with Crippen LogP contribution in [0, 0.1) is 5.82 Å². The van der Waals surface area contributed by atoms with Crippen molar-refractivity contribution in [3.8, 4) is 0 Å². The Kier molecular flexibility index (Phi) is 6.03. The predicted octanol–water partition coefficient (Wildman–Crippen LogP) is 4.69. The minimum absolute atomic E-state index is 0.0287. The lowest BCUT2D eigenvalue weighted by atomic mass is 9.98. The molecule has 7 heteroatoms. The SMILES string of the molecule is O=C(C=C(O)c1c(CCc2ccccc2)coc1Cc1ccc(F)cc1)c1ncn[nH]1. The van der Waals surface area contributed by atoms with Crippen LogP contribution in [0.1, 0.15) is 38.6 Å². The van der Waals surface area contributed by atoms with Crippen LogP contribution in [0.25, 0.3) is 5.76 Å². The number of rotatable bonds is 8. The molecule has 2 heterocycles. The number of aryl methyl sites for hydroxylation is 2. The van der Waals surface area contributed by atoms with Crippen LogP contribution in [0.15, 0.2) is 77.7 Å². The highest BCUT2D eigenvalue weighted by Gasteiger charge is 2.20. The predicted molar refractivity (Wildman–Crippen MR) is 113 cm³/mol. The van der Waals surface area contributed by atoms with Gasteiger partial charge in [-0.25, -0.2) is 9.37 Å². The van der Waals surface area contributed by atoms with Crippen molar-refractivity contribution in [2.24, 2.45) is 0 Å². The van der Waals surface area contributed by atoms with Crippen LogP contribution in [0.5, 0.6) is 0 Å². The van der Waals surface area contributed by atoms with Gasteiger partial charge in [-0.1, -0.05) is 42.5 Å². The van der Waals surface area contributed by atoms with E-state index in [9.17, 15) is 14.3 Å². The van der Waals surface area contributed by atoms with E-state index in [0.29, 0.717) is 24.2 Å². The molecule has 2 N–H and O–H groups in total. The summed E-state index contributed by atoms with van der Waals surface area (Å²) in [5.74, 6) is -0.518. The minimum atomic E-state index is -0.502. The molecule has 0 atom stereocenters. The molecule has 2 aromatic carbocycles. The number of ketones is 1. The summed E-state index contributed by atoms with van der Waals surface area (Å²) in [5, 5.41) is 17.0. The highest BCUT2D eigenvalue weighted by atomic mass is 19.1. The van der Waals surface area contributed by atoms with Gasteiger partial charge in [0.2, 0.25) is 5.78 Å². The molecule has 0 fully saturated rings. The number of allylic oxidation sites excluding steroid dienone is 1. The third-order valence-corrected chi connectivity index (χ3v) is 4.92. The molecule has 0 amide bonds. The van der Waals surface area contributed by atoms with E-state index in [1.54, 1.807) is 18.4 Å². The molecule has 156 valence electrons. The van der Waals surface area contributed by atoms with Gasteiger partial charge in [0.05, 0.1) is 11.8 Å². The number of nitrogens with zero attached hydrogens (tertiary/aromatic N) is 2. The number of nitrogens with one attached hydrogen (secondary N) is 1. The zero-order chi connectivity index (χ0) is 21.6. The van der Waals surface area contributed by atoms with E-state index in [4.69, 9.17) is 4.42 Å². The van der Waals surface area contributed by atoms with Crippen LogP contribution < -0.4 is 0 Å². The number of aliphatic hydroxyl groups is 1. The molecular weight excluding hydrogens is 397 g/mol. The number of carbonyl (C=O) groups is 1. The maximum absolute atomic E-state index is 13.3. The van der Waals surface area contributed by atoms with Crippen LogP contribution in [0.2, 0.25) is 0 Å². The van der Waals surface area contributed by atoms with Crippen molar-refractivity contribution in [3.63, 3.8) is 0 Å². The number of hydrogen-bond donors (Lipinski definition) is 2. The maximum Gasteiger partial charge on any atom is 0.226 e. The standard InChI is InChI=1S/C24H20FN3O3/c25-19-10-7-17(8-11-19)12-22-23(20(29)13-21(30)24-26-15-27-28-24)18(14-31-22)9-6-16-4-2-1-3-5-16/h1-5,7-8,10-11,13-15,29H,6,9,12H2,(H,26,27,28). The van der Waals surface area contributed by atoms with Gasteiger partial charge in [-0.05, 0) is 36.1 Å². The molecular formula is C24H20FN3O3. The second kappa shape index (κ2) is 9.21. The lowest BCUT2D eigenvalue weighted by Crippen LogP contribution is -2.02.